The van der Waals surface area contributed by atoms with Gasteiger partial charge in [0.05, 0.1) is 0 Å². The molecular formula is C18H24FN3O3. The highest BCUT2D eigenvalue weighted by Gasteiger charge is 2.25. The number of carbonyl (C=O) groups is 3. The number of nitrogens with two attached hydrogens (primary N) is 1. The van der Waals surface area contributed by atoms with Gasteiger partial charge in [-0.1, -0.05) is 18.2 Å². The van der Waals surface area contributed by atoms with E-state index in [0.717, 1.165) is 0 Å². The smallest absolute Gasteiger partial charge is 0.243 e. The second kappa shape index (κ2) is 10.2. The van der Waals surface area contributed by atoms with Crippen molar-refractivity contribution in [1.29, 1.82) is 0 Å². The lowest BCUT2D eigenvalue weighted by Gasteiger charge is -2.21. The minimum atomic E-state index is -0.930. The molecule has 1 aromatic rings. The van der Waals surface area contributed by atoms with Crippen molar-refractivity contribution in [3.05, 3.63) is 48.3 Å². The third-order valence-electron chi connectivity index (χ3n) is 3.58. The molecule has 2 atom stereocenters. The van der Waals surface area contributed by atoms with Gasteiger partial charge in [-0.15, -0.1) is 6.58 Å². The zero-order valence-electron chi connectivity index (χ0n) is 14.3. The third kappa shape index (κ3) is 7.60. The fourth-order valence-corrected chi connectivity index (χ4v) is 2.38. The van der Waals surface area contributed by atoms with Crippen molar-refractivity contribution in [2.24, 2.45) is 5.73 Å². The third-order valence-corrected chi connectivity index (χ3v) is 3.58. The molecule has 25 heavy (non-hydrogen) atoms. The second-order valence-corrected chi connectivity index (χ2v) is 5.77. The fraction of sp³-hybridized carbons (Fsp3) is 0.389. The van der Waals surface area contributed by atoms with Crippen LogP contribution in [0.25, 0.3) is 0 Å². The largest absolute Gasteiger partial charge is 0.368 e. The predicted molar refractivity (Wildman–Crippen MR) is 92.9 cm³/mol. The number of hydrogen-bond donors (Lipinski definition) is 3. The Kier molecular flexibility index (Phi) is 8.32. The molecule has 1 aromatic carbocycles. The number of hydrogen-bond acceptors (Lipinski definition) is 3. The maximum absolute atomic E-state index is 13.3. The molecular weight excluding hydrogens is 325 g/mol. The number of primary amides is 1. The number of carbonyl (C=O) groups excluding carboxylic acids is 3. The van der Waals surface area contributed by atoms with E-state index < -0.39 is 35.6 Å². The molecule has 6 nitrogen and oxygen atoms in total. The van der Waals surface area contributed by atoms with Crippen LogP contribution in [0.3, 0.4) is 0 Å². The lowest BCUT2D eigenvalue weighted by molar-refractivity contribution is -0.130. The molecule has 0 aliphatic heterocycles. The summed E-state index contributed by atoms with van der Waals surface area (Å²) in [6, 6.07) is 3.99. The molecule has 0 heterocycles. The molecule has 0 unspecified atom stereocenters. The molecule has 0 spiro atoms. The number of unbranched alkanes of at least 4 members (excludes halogenated alkanes) is 1. The molecule has 4 N–H and O–H groups in total. The summed E-state index contributed by atoms with van der Waals surface area (Å²) in [5.74, 6) is -2.02. The first-order valence-electron chi connectivity index (χ1n) is 8.05. The van der Waals surface area contributed by atoms with Crippen molar-refractivity contribution in [3.63, 3.8) is 0 Å². The normalized spacial score (nSPS) is 12.7. The summed E-state index contributed by atoms with van der Waals surface area (Å²) in [4.78, 5) is 35.4. The summed E-state index contributed by atoms with van der Waals surface area (Å²) in [6.07, 6.45) is 3.52. The molecule has 0 fully saturated rings. The molecule has 3 amide bonds. The van der Waals surface area contributed by atoms with E-state index >= 15 is 0 Å². The summed E-state index contributed by atoms with van der Waals surface area (Å²) < 4.78 is 13.3. The van der Waals surface area contributed by atoms with Gasteiger partial charge in [0, 0.05) is 13.3 Å². The van der Waals surface area contributed by atoms with Gasteiger partial charge in [0.2, 0.25) is 17.7 Å². The number of benzene rings is 1. The molecule has 0 saturated heterocycles. The number of nitrogens with one attached hydrogen (secondary N) is 2. The Labute approximate surface area is 146 Å². The lowest BCUT2D eigenvalue weighted by atomic mass is 10.0. The van der Waals surface area contributed by atoms with Crippen LogP contribution in [-0.4, -0.2) is 29.8 Å². The summed E-state index contributed by atoms with van der Waals surface area (Å²) in [5, 5.41) is 5.08. The fourth-order valence-electron chi connectivity index (χ4n) is 2.38. The van der Waals surface area contributed by atoms with Crippen LogP contribution in [0.5, 0.6) is 0 Å². The van der Waals surface area contributed by atoms with E-state index in [2.05, 4.69) is 17.2 Å². The first kappa shape index (κ1) is 20.3. The number of halogens is 1. The molecule has 1 rings (SSSR count). The van der Waals surface area contributed by atoms with Crippen molar-refractivity contribution in [2.75, 3.05) is 0 Å². The van der Waals surface area contributed by atoms with Crippen LogP contribution in [0.15, 0.2) is 36.9 Å². The van der Waals surface area contributed by atoms with Gasteiger partial charge in [0.1, 0.15) is 17.9 Å². The van der Waals surface area contributed by atoms with E-state index in [1.54, 1.807) is 12.1 Å². The van der Waals surface area contributed by atoms with Crippen LogP contribution in [0.1, 0.15) is 31.7 Å². The van der Waals surface area contributed by atoms with Crippen LogP contribution in [0.4, 0.5) is 4.39 Å². The van der Waals surface area contributed by atoms with Gasteiger partial charge in [0.15, 0.2) is 0 Å². The molecule has 0 radical (unpaired) electrons. The summed E-state index contributed by atoms with van der Waals surface area (Å²) in [5.41, 5.74) is 5.88. The first-order valence-corrected chi connectivity index (χ1v) is 8.05. The lowest BCUT2D eigenvalue weighted by Crippen LogP contribution is -2.53. The Hall–Kier alpha value is -2.70. The van der Waals surface area contributed by atoms with Crippen molar-refractivity contribution >= 4 is 17.7 Å². The molecule has 0 bridgehead atoms. The van der Waals surface area contributed by atoms with E-state index in [1.807, 2.05) is 0 Å². The van der Waals surface area contributed by atoms with Gasteiger partial charge in [-0.25, -0.2) is 4.39 Å². The Bertz CT molecular complexity index is 634. The number of allylic oxidation sites excluding steroid dienone is 1. The molecule has 0 aromatic heterocycles. The molecule has 7 heteroatoms. The highest BCUT2D eigenvalue weighted by molar-refractivity contribution is 5.91. The van der Waals surface area contributed by atoms with E-state index in [-0.39, 0.29) is 6.42 Å². The van der Waals surface area contributed by atoms with E-state index in [4.69, 9.17) is 5.73 Å². The van der Waals surface area contributed by atoms with Crippen LogP contribution in [-0.2, 0) is 20.8 Å². The quantitative estimate of drug-likeness (QED) is 0.437. The van der Waals surface area contributed by atoms with Gasteiger partial charge in [0.25, 0.3) is 0 Å². The molecule has 0 aliphatic carbocycles. The van der Waals surface area contributed by atoms with Gasteiger partial charge >= 0.3 is 0 Å². The van der Waals surface area contributed by atoms with Crippen LogP contribution >= 0.6 is 0 Å². The van der Waals surface area contributed by atoms with Crippen molar-refractivity contribution in [2.45, 2.75) is 44.7 Å². The minimum absolute atomic E-state index is 0.0985. The first-order chi connectivity index (χ1) is 11.8. The average Bonchev–Trinajstić information content (AvgIpc) is 2.52. The van der Waals surface area contributed by atoms with Crippen molar-refractivity contribution < 1.29 is 18.8 Å². The SMILES string of the molecule is C=CCCC[C@H](NC(=O)[C@H](Cc1cccc(F)c1)NC(C)=O)C(N)=O. The highest BCUT2D eigenvalue weighted by atomic mass is 19.1. The van der Waals surface area contributed by atoms with Gasteiger partial charge in [-0.2, -0.15) is 0 Å². The Morgan fingerprint density at radius 2 is 2.00 bits per heavy atom. The highest BCUT2D eigenvalue weighted by Crippen LogP contribution is 2.08. The minimum Gasteiger partial charge on any atom is -0.368 e. The summed E-state index contributed by atoms with van der Waals surface area (Å²) >= 11 is 0. The van der Waals surface area contributed by atoms with E-state index in [9.17, 15) is 18.8 Å². The maximum Gasteiger partial charge on any atom is 0.243 e. The average molecular weight is 349 g/mol. The van der Waals surface area contributed by atoms with Crippen LogP contribution < -0.4 is 16.4 Å². The molecule has 0 saturated carbocycles. The van der Waals surface area contributed by atoms with Crippen molar-refractivity contribution in [3.8, 4) is 0 Å². The number of amides is 3. The molecule has 136 valence electrons. The van der Waals surface area contributed by atoms with Gasteiger partial charge in [-0.05, 0) is 37.0 Å². The van der Waals surface area contributed by atoms with Crippen molar-refractivity contribution in [1.82, 2.24) is 10.6 Å². The summed E-state index contributed by atoms with van der Waals surface area (Å²) in [7, 11) is 0. The van der Waals surface area contributed by atoms with Crippen LogP contribution in [0, 0.1) is 5.82 Å². The topological polar surface area (TPSA) is 101 Å². The molecule has 0 aliphatic rings. The van der Waals surface area contributed by atoms with Gasteiger partial charge in [-0.3, -0.25) is 14.4 Å². The predicted octanol–water partition coefficient (Wildman–Crippen LogP) is 1.20. The standard InChI is InChI=1S/C18H24FN3O3/c1-3-4-5-9-15(17(20)24)22-18(25)16(21-12(2)23)11-13-7-6-8-14(19)10-13/h3,6-8,10,15-16H,1,4-5,9,11H2,2H3,(H2,20,24)(H,21,23)(H,22,25)/t15-,16-/m0/s1. The van der Waals surface area contributed by atoms with Gasteiger partial charge < -0.3 is 16.4 Å². The van der Waals surface area contributed by atoms with E-state index in [1.165, 1.54) is 25.1 Å². The Morgan fingerprint density at radius 1 is 1.28 bits per heavy atom. The zero-order valence-corrected chi connectivity index (χ0v) is 14.3. The second-order valence-electron chi connectivity index (χ2n) is 5.77. The van der Waals surface area contributed by atoms with E-state index in [0.29, 0.717) is 24.8 Å². The Morgan fingerprint density at radius 3 is 2.56 bits per heavy atom. The zero-order chi connectivity index (χ0) is 18.8. The van der Waals surface area contributed by atoms with Crippen LogP contribution in [0.2, 0.25) is 0 Å². The monoisotopic (exact) mass is 349 g/mol. The number of rotatable bonds is 10. The maximum atomic E-state index is 13.3. The summed E-state index contributed by atoms with van der Waals surface area (Å²) in [6.45, 7) is 4.88. The Balaban J connectivity index is 2.81.